The van der Waals surface area contributed by atoms with E-state index in [1.54, 1.807) is 24.3 Å². The fraction of sp³-hybridized carbons (Fsp3) is 0.0625. The van der Waals surface area contributed by atoms with Crippen LogP contribution in [0, 0.1) is 0 Å². The zero-order chi connectivity index (χ0) is 14.7. The van der Waals surface area contributed by atoms with E-state index >= 15 is 0 Å². The average Bonchev–Trinajstić information content (AvgIpc) is 2.91. The highest BCUT2D eigenvalue weighted by atomic mass is 35.5. The van der Waals surface area contributed by atoms with Gasteiger partial charge in [-0.3, -0.25) is 0 Å². The van der Waals surface area contributed by atoms with Gasteiger partial charge >= 0.3 is 6.03 Å². The molecule has 1 heterocycles. The zero-order valence-electron chi connectivity index (χ0n) is 11.2. The van der Waals surface area contributed by atoms with E-state index in [-0.39, 0.29) is 6.03 Å². The molecule has 3 rings (SSSR count). The summed E-state index contributed by atoms with van der Waals surface area (Å²) in [6.07, 6.45) is 1.91. The van der Waals surface area contributed by atoms with Gasteiger partial charge in [0.15, 0.2) is 0 Å². The van der Waals surface area contributed by atoms with E-state index in [1.807, 2.05) is 30.5 Å². The van der Waals surface area contributed by atoms with Gasteiger partial charge in [-0.15, -0.1) is 0 Å². The standard InChI is InChI=1S/C16H14ClN3O/c17-12-5-7-13(8-6-12)20-16(21)19-10-11-9-18-15-4-2-1-3-14(11)15/h1-9,18H,10H2,(H2,19,20,21). The maximum absolute atomic E-state index is 11.9. The fourth-order valence-corrected chi connectivity index (χ4v) is 2.29. The van der Waals surface area contributed by atoms with Crippen molar-refractivity contribution in [2.75, 3.05) is 5.32 Å². The second kappa shape index (κ2) is 5.89. The first kappa shape index (κ1) is 13.5. The molecule has 2 amide bonds. The predicted molar refractivity (Wildman–Crippen MR) is 85.6 cm³/mol. The summed E-state index contributed by atoms with van der Waals surface area (Å²) in [7, 11) is 0. The highest BCUT2D eigenvalue weighted by Gasteiger charge is 2.05. The SMILES string of the molecule is O=C(NCc1c[nH]c2ccccc12)Nc1ccc(Cl)cc1. The number of amides is 2. The van der Waals surface area contributed by atoms with Gasteiger partial charge in [0, 0.05) is 34.4 Å². The fourth-order valence-electron chi connectivity index (χ4n) is 2.16. The van der Waals surface area contributed by atoms with Crippen LogP contribution in [0.3, 0.4) is 0 Å². The number of para-hydroxylation sites is 1. The molecule has 3 N–H and O–H groups in total. The van der Waals surface area contributed by atoms with E-state index in [0.717, 1.165) is 16.5 Å². The molecule has 0 radical (unpaired) electrons. The second-order valence-corrected chi connectivity index (χ2v) is 5.11. The van der Waals surface area contributed by atoms with Gasteiger partial charge in [0.25, 0.3) is 0 Å². The molecular weight excluding hydrogens is 286 g/mol. The number of carbonyl (C=O) groups excluding carboxylic acids is 1. The smallest absolute Gasteiger partial charge is 0.319 e. The van der Waals surface area contributed by atoms with Gasteiger partial charge < -0.3 is 15.6 Å². The van der Waals surface area contributed by atoms with Crippen LogP contribution in [0.5, 0.6) is 0 Å². The average molecular weight is 300 g/mol. The number of nitrogens with one attached hydrogen (secondary N) is 3. The van der Waals surface area contributed by atoms with Crippen LogP contribution in [-0.2, 0) is 6.54 Å². The number of aromatic nitrogens is 1. The third kappa shape index (κ3) is 3.17. The number of urea groups is 1. The normalized spacial score (nSPS) is 10.5. The van der Waals surface area contributed by atoms with Crippen LogP contribution in [0.15, 0.2) is 54.7 Å². The van der Waals surface area contributed by atoms with E-state index in [1.165, 1.54) is 0 Å². The quantitative estimate of drug-likeness (QED) is 0.669. The third-order valence-electron chi connectivity index (χ3n) is 3.22. The van der Waals surface area contributed by atoms with Crippen LogP contribution in [0.4, 0.5) is 10.5 Å². The topological polar surface area (TPSA) is 56.9 Å². The lowest BCUT2D eigenvalue weighted by Gasteiger charge is -2.07. The first-order valence-electron chi connectivity index (χ1n) is 6.58. The Balaban J connectivity index is 1.62. The Bertz CT molecular complexity index is 765. The van der Waals surface area contributed by atoms with Crippen molar-refractivity contribution >= 4 is 34.2 Å². The Labute approximate surface area is 127 Å². The molecule has 0 fully saturated rings. The summed E-state index contributed by atoms with van der Waals surface area (Å²) < 4.78 is 0. The number of hydrogen-bond acceptors (Lipinski definition) is 1. The predicted octanol–water partition coefficient (Wildman–Crippen LogP) is 4.14. The van der Waals surface area contributed by atoms with Crippen molar-refractivity contribution in [1.82, 2.24) is 10.3 Å². The van der Waals surface area contributed by atoms with E-state index in [4.69, 9.17) is 11.6 Å². The van der Waals surface area contributed by atoms with Crippen LogP contribution in [0.25, 0.3) is 10.9 Å². The van der Waals surface area contributed by atoms with Crippen molar-refractivity contribution in [3.05, 3.63) is 65.3 Å². The molecule has 1 aromatic heterocycles. The second-order valence-electron chi connectivity index (χ2n) is 4.67. The minimum Gasteiger partial charge on any atom is -0.361 e. The molecule has 106 valence electrons. The summed E-state index contributed by atoms with van der Waals surface area (Å²) in [5.74, 6) is 0. The van der Waals surface area contributed by atoms with Gasteiger partial charge in [-0.1, -0.05) is 29.8 Å². The van der Waals surface area contributed by atoms with Crippen molar-refractivity contribution in [1.29, 1.82) is 0 Å². The number of halogens is 1. The Morgan fingerprint density at radius 1 is 1.10 bits per heavy atom. The molecule has 3 aromatic rings. The van der Waals surface area contributed by atoms with Crippen molar-refractivity contribution in [3.8, 4) is 0 Å². The maximum Gasteiger partial charge on any atom is 0.319 e. The molecule has 21 heavy (non-hydrogen) atoms. The van der Waals surface area contributed by atoms with Crippen molar-refractivity contribution in [2.24, 2.45) is 0 Å². The summed E-state index contributed by atoms with van der Waals surface area (Å²) in [6.45, 7) is 0.462. The van der Waals surface area contributed by atoms with E-state index < -0.39 is 0 Å². The number of aromatic amines is 1. The molecule has 0 aliphatic heterocycles. The molecule has 2 aromatic carbocycles. The zero-order valence-corrected chi connectivity index (χ0v) is 11.9. The van der Waals surface area contributed by atoms with Gasteiger partial charge in [0.1, 0.15) is 0 Å². The number of carbonyl (C=O) groups is 1. The van der Waals surface area contributed by atoms with Gasteiger partial charge in [-0.2, -0.15) is 0 Å². The molecule has 0 unspecified atom stereocenters. The minimum atomic E-state index is -0.248. The van der Waals surface area contributed by atoms with Crippen LogP contribution < -0.4 is 10.6 Å². The molecule has 0 saturated heterocycles. The maximum atomic E-state index is 11.9. The first-order valence-corrected chi connectivity index (χ1v) is 6.95. The molecular formula is C16H14ClN3O. The summed E-state index contributed by atoms with van der Waals surface area (Å²) >= 11 is 5.80. The summed E-state index contributed by atoms with van der Waals surface area (Å²) in [5.41, 5.74) is 2.82. The Hall–Kier alpha value is -2.46. The van der Waals surface area contributed by atoms with Gasteiger partial charge in [-0.05, 0) is 35.9 Å². The van der Waals surface area contributed by atoms with Crippen LogP contribution in [0.2, 0.25) is 5.02 Å². The molecule has 0 saturated carbocycles. The monoisotopic (exact) mass is 299 g/mol. The van der Waals surface area contributed by atoms with Crippen molar-refractivity contribution < 1.29 is 4.79 Å². The van der Waals surface area contributed by atoms with Crippen LogP contribution >= 0.6 is 11.6 Å². The minimum absolute atomic E-state index is 0.248. The largest absolute Gasteiger partial charge is 0.361 e. The van der Waals surface area contributed by atoms with Gasteiger partial charge in [0.05, 0.1) is 0 Å². The highest BCUT2D eigenvalue weighted by molar-refractivity contribution is 6.30. The number of hydrogen-bond donors (Lipinski definition) is 3. The Morgan fingerprint density at radius 2 is 1.86 bits per heavy atom. The lowest BCUT2D eigenvalue weighted by atomic mass is 10.2. The molecule has 0 atom stereocenters. The summed E-state index contributed by atoms with van der Waals surface area (Å²) in [4.78, 5) is 15.0. The van der Waals surface area contributed by atoms with E-state index in [2.05, 4.69) is 15.6 Å². The lowest BCUT2D eigenvalue weighted by molar-refractivity contribution is 0.252. The van der Waals surface area contributed by atoms with Gasteiger partial charge in [0.2, 0.25) is 0 Å². The van der Waals surface area contributed by atoms with Crippen molar-refractivity contribution in [2.45, 2.75) is 6.54 Å². The number of H-pyrrole nitrogens is 1. The number of benzene rings is 2. The van der Waals surface area contributed by atoms with E-state index in [0.29, 0.717) is 17.3 Å². The van der Waals surface area contributed by atoms with Crippen molar-refractivity contribution in [3.63, 3.8) is 0 Å². The number of fused-ring (bicyclic) bond motifs is 1. The van der Waals surface area contributed by atoms with Crippen LogP contribution in [-0.4, -0.2) is 11.0 Å². The number of anilines is 1. The molecule has 4 nitrogen and oxygen atoms in total. The van der Waals surface area contributed by atoms with Gasteiger partial charge in [-0.25, -0.2) is 4.79 Å². The lowest BCUT2D eigenvalue weighted by Crippen LogP contribution is -2.28. The first-order chi connectivity index (χ1) is 10.2. The highest BCUT2D eigenvalue weighted by Crippen LogP contribution is 2.17. The molecule has 0 aliphatic rings. The molecule has 0 bridgehead atoms. The molecule has 0 spiro atoms. The third-order valence-corrected chi connectivity index (χ3v) is 3.47. The van der Waals surface area contributed by atoms with E-state index in [9.17, 15) is 4.79 Å². The Morgan fingerprint density at radius 3 is 2.67 bits per heavy atom. The number of rotatable bonds is 3. The summed E-state index contributed by atoms with van der Waals surface area (Å²) in [5, 5.41) is 7.35. The summed E-state index contributed by atoms with van der Waals surface area (Å²) in [6, 6.07) is 14.7. The molecule has 5 heteroatoms. The Kier molecular flexibility index (Phi) is 3.79. The van der Waals surface area contributed by atoms with Crippen LogP contribution in [0.1, 0.15) is 5.56 Å². The molecule has 0 aliphatic carbocycles.